The van der Waals surface area contributed by atoms with Crippen LogP contribution >= 0.6 is 0 Å². The first-order valence-electron chi connectivity index (χ1n) is 7.51. The Morgan fingerprint density at radius 2 is 2.00 bits per heavy atom. The molecule has 3 aromatic rings. The van der Waals surface area contributed by atoms with Crippen molar-refractivity contribution in [3.8, 4) is 0 Å². The lowest BCUT2D eigenvalue weighted by atomic mass is 10.3. The van der Waals surface area contributed by atoms with Gasteiger partial charge in [-0.05, 0) is 11.0 Å². The molecule has 0 saturated heterocycles. The maximum Gasteiger partial charge on any atom is 0.491 e. The lowest BCUT2D eigenvalue weighted by Gasteiger charge is -2.02. The van der Waals surface area contributed by atoms with Gasteiger partial charge in [0.2, 0.25) is 6.33 Å². The van der Waals surface area contributed by atoms with Gasteiger partial charge in [-0.25, -0.2) is 4.68 Å². The van der Waals surface area contributed by atoms with Crippen molar-refractivity contribution in [3.05, 3.63) is 46.3 Å². The van der Waals surface area contributed by atoms with Gasteiger partial charge in [-0.1, -0.05) is 4.98 Å². The molecule has 2 amide bonds. The molecule has 0 atom stereocenters. The highest BCUT2D eigenvalue weighted by atomic mass is 16.6. The highest BCUT2D eigenvalue weighted by Crippen LogP contribution is 2.14. The van der Waals surface area contributed by atoms with E-state index in [-0.39, 0.29) is 23.7 Å². The third-order valence-corrected chi connectivity index (χ3v) is 3.37. The molecule has 140 valence electrons. The molecule has 0 saturated carbocycles. The summed E-state index contributed by atoms with van der Waals surface area (Å²) in [4.78, 5) is 37.6. The van der Waals surface area contributed by atoms with Crippen molar-refractivity contribution in [1.29, 1.82) is 0 Å². The Balaban J connectivity index is 1.72. The van der Waals surface area contributed by atoms with Crippen molar-refractivity contribution in [2.24, 2.45) is 7.05 Å². The largest absolute Gasteiger partial charge is 0.491 e. The van der Waals surface area contributed by atoms with Gasteiger partial charge in [0, 0.05) is 31.6 Å². The molecule has 0 fully saturated rings. The van der Waals surface area contributed by atoms with Gasteiger partial charge >= 0.3 is 5.95 Å². The number of anilines is 1. The zero-order valence-corrected chi connectivity index (χ0v) is 14.2. The number of nitro groups is 1. The minimum atomic E-state index is -0.712. The summed E-state index contributed by atoms with van der Waals surface area (Å²) in [5.74, 6) is -1.51. The number of aryl methyl sites for hydroxylation is 1. The molecule has 3 heterocycles. The van der Waals surface area contributed by atoms with Crippen molar-refractivity contribution >= 4 is 23.5 Å². The topological polar surface area (TPSA) is 168 Å². The predicted octanol–water partition coefficient (Wildman–Crippen LogP) is -0.766. The van der Waals surface area contributed by atoms with Gasteiger partial charge in [-0.2, -0.15) is 14.9 Å². The number of carbonyl (C=O) groups excluding carboxylic acids is 2. The van der Waals surface area contributed by atoms with E-state index in [1.807, 2.05) is 0 Å². The molecule has 0 radical (unpaired) electrons. The van der Waals surface area contributed by atoms with E-state index in [0.717, 1.165) is 0 Å². The minimum Gasteiger partial charge on any atom is -0.390 e. The molecule has 0 aromatic carbocycles. The molecule has 27 heavy (non-hydrogen) atoms. The summed E-state index contributed by atoms with van der Waals surface area (Å²) >= 11 is 0. The zero-order valence-electron chi connectivity index (χ0n) is 14.2. The fourth-order valence-corrected chi connectivity index (χ4v) is 2.20. The fourth-order valence-electron chi connectivity index (χ4n) is 2.20. The van der Waals surface area contributed by atoms with Crippen LogP contribution in [0.15, 0.2) is 24.8 Å². The molecule has 0 aliphatic heterocycles. The smallest absolute Gasteiger partial charge is 0.390 e. The van der Waals surface area contributed by atoms with Crippen molar-refractivity contribution in [1.82, 2.24) is 39.6 Å². The first-order valence-corrected chi connectivity index (χ1v) is 7.51. The van der Waals surface area contributed by atoms with Gasteiger partial charge < -0.3 is 20.7 Å². The summed E-state index contributed by atoms with van der Waals surface area (Å²) in [7, 11) is 3.08. The first kappa shape index (κ1) is 17.7. The second kappa shape index (κ2) is 7.03. The number of hydrogen-bond acceptors (Lipinski definition) is 8. The Morgan fingerprint density at radius 3 is 2.67 bits per heavy atom. The summed E-state index contributed by atoms with van der Waals surface area (Å²) in [5.41, 5.74) is 0.391. The van der Waals surface area contributed by atoms with E-state index in [1.165, 1.54) is 45.9 Å². The second-order valence-electron chi connectivity index (χ2n) is 5.32. The van der Waals surface area contributed by atoms with Crippen LogP contribution in [0.5, 0.6) is 0 Å². The molecular formula is C13H14N10O4. The SMILES string of the molecule is CNC(=O)c1nn(C)cc1NC(=O)c1ccn(Cn2cnc([N+](=O)[O-])n2)n1. The lowest BCUT2D eigenvalue weighted by molar-refractivity contribution is -0.394. The summed E-state index contributed by atoms with van der Waals surface area (Å²) in [6.45, 7) is 0.0322. The molecule has 0 bridgehead atoms. The van der Waals surface area contributed by atoms with Crippen molar-refractivity contribution in [2.75, 3.05) is 12.4 Å². The highest BCUT2D eigenvalue weighted by molar-refractivity contribution is 6.07. The second-order valence-corrected chi connectivity index (χ2v) is 5.32. The number of carbonyl (C=O) groups is 2. The molecule has 0 aliphatic rings. The summed E-state index contributed by atoms with van der Waals surface area (Å²) in [6, 6.07) is 1.45. The Kier molecular flexibility index (Phi) is 4.61. The molecule has 14 nitrogen and oxygen atoms in total. The van der Waals surface area contributed by atoms with E-state index in [9.17, 15) is 19.7 Å². The number of rotatable bonds is 6. The maximum atomic E-state index is 12.4. The molecule has 2 N–H and O–H groups in total. The van der Waals surface area contributed by atoms with Gasteiger partial charge in [0.05, 0.1) is 5.69 Å². The molecular weight excluding hydrogens is 360 g/mol. The molecule has 14 heteroatoms. The minimum absolute atomic E-state index is 0.0322. The Labute approximate surface area is 150 Å². The van der Waals surface area contributed by atoms with Crippen LogP contribution in [0.2, 0.25) is 0 Å². The molecule has 3 aromatic heterocycles. The van der Waals surface area contributed by atoms with Crippen LogP contribution < -0.4 is 10.6 Å². The number of amides is 2. The number of nitrogens with one attached hydrogen (secondary N) is 2. The number of aromatic nitrogens is 7. The van der Waals surface area contributed by atoms with E-state index in [1.54, 1.807) is 7.05 Å². The highest BCUT2D eigenvalue weighted by Gasteiger charge is 2.19. The molecule has 0 aliphatic carbocycles. The fraction of sp³-hybridized carbons (Fsp3) is 0.231. The van der Waals surface area contributed by atoms with Crippen LogP contribution in [0.3, 0.4) is 0 Å². The first-order chi connectivity index (χ1) is 12.9. The summed E-state index contributed by atoms with van der Waals surface area (Å²) in [5, 5.41) is 27.3. The Bertz CT molecular complexity index is 1020. The van der Waals surface area contributed by atoms with Crippen molar-refractivity contribution < 1.29 is 14.5 Å². The van der Waals surface area contributed by atoms with Crippen molar-refractivity contribution in [2.45, 2.75) is 6.67 Å². The van der Waals surface area contributed by atoms with E-state index in [0.29, 0.717) is 0 Å². The Morgan fingerprint density at radius 1 is 1.22 bits per heavy atom. The summed E-state index contributed by atoms with van der Waals surface area (Å²) in [6.07, 6.45) is 4.18. The van der Waals surface area contributed by atoms with Crippen LogP contribution in [0, 0.1) is 10.1 Å². The zero-order chi connectivity index (χ0) is 19.6. The number of hydrogen-bond donors (Lipinski definition) is 2. The monoisotopic (exact) mass is 374 g/mol. The van der Waals surface area contributed by atoms with Crippen LogP contribution in [0.1, 0.15) is 21.0 Å². The van der Waals surface area contributed by atoms with Gasteiger partial charge in [0.25, 0.3) is 11.8 Å². The van der Waals surface area contributed by atoms with Crippen LogP contribution in [-0.4, -0.2) is 58.1 Å². The molecule has 3 rings (SSSR count). The average molecular weight is 374 g/mol. The van der Waals surface area contributed by atoms with E-state index >= 15 is 0 Å². The van der Waals surface area contributed by atoms with Crippen molar-refractivity contribution in [3.63, 3.8) is 0 Å². The normalized spacial score (nSPS) is 10.6. The van der Waals surface area contributed by atoms with Gasteiger partial charge in [-0.3, -0.25) is 14.3 Å². The van der Waals surface area contributed by atoms with E-state index in [4.69, 9.17) is 0 Å². The lowest BCUT2D eigenvalue weighted by Crippen LogP contribution is -2.22. The third-order valence-electron chi connectivity index (χ3n) is 3.37. The van der Waals surface area contributed by atoms with Crippen LogP contribution in [0.4, 0.5) is 11.6 Å². The average Bonchev–Trinajstić information content (AvgIpc) is 3.35. The summed E-state index contributed by atoms with van der Waals surface area (Å²) < 4.78 is 3.96. The predicted molar refractivity (Wildman–Crippen MR) is 88.9 cm³/mol. The third kappa shape index (κ3) is 3.78. The van der Waals surface area contributed by atoms with E-state index < -0.39 is 22.7 Å². The van der Waals surface area contributed by atoms with Gasteiger partial charge in [0.1, 0.15) is 0 Å². The van der Waals surface area contributed by atoms with Gasteiger partial charge in [-0.15, -0.1) is 0 Å². The van der Waals surface area contributed by atoms with Crippen LogP contribution in [-0.2, 0) is 13.7 Å². The van der Waals surface area contributed by atoms with Crippen LogP contribution in [0.25, 0.3) is 0 Å². The van der Waals surface area contributed by atoms with E-state index in [2.05, 4.69) is 30.9 Å². The molecule has 0 spiro atoms. The number of nitrogens with zero attached hydrogens (tertiary/aromatic N) is 8. The quantitative estimate of drug-likeness (QED) is 0.419. The van der Waals surface area contributed by atoms with Gasteiger partial charge in [0.15, 0.2) is 18.1 Å². The molecule has 0 unspecified atom stereocenters. The maximum absolute atomic E-state index is 12.4. The standard InChI is InChI=1S/C13H14N10O4/c1-14-12(25)10-9(5-20(2)18-10)16-11(24)8-3-4-21(17-8)7-22-6-15-13(19-22)23(26)27/h3-6H,7H2,1-2H3,(H,14,25)(H,16,24). The Hall–Kier alpha value is -4.10.